The monoisotopic (exact) mass is 348 g/mol. The summed E-state index contributed by atoms with van der Waals surface area (Å²) in [5, 5.41) is 10.6. The standard InChI is InChI=1S/C19H32N4O2/c1-13(16-9-6-10-20-12-16)11-17(24)21-14(2)19-22-18(23-25-19)15-7-4-3-5-8-15/h13-16,20H,3-12H2,1-2H3,(H,21,24). The van der Waals surface area contributed by atoms with Crippen molar-refractivity contribution in [2.45, 2.75) is 77.2 Å². The maximum absolute atomic E-state index is 12.4. The Hall–Kier alpha value is -1.43. The second-order valence-electron chi connectivity index (χ2n) is 7.90. The summed E-state index contributed by atoms with van der Waals surface area (Å²) in [6.45, 7) is 6.23. The average molecular weight is 348 g/mol. The highest BCUT2D eigenvalue weighted by Gasteiger charge is 2.25. The van der Waals surface area contributed by atoms with Crippen molar-refractivity contribution in [2.75, 3.05) is 13.1 Å². The molecule has 2 aliphatic rings. The lowest BCUT2D eigenvalue weighted by atomic mass is 9.85. The van der Waals surface area contributed by atoms with E-state index in [1.807, 2.05) is 6.92 Å². The van der Waals surface area contributed by atoms with Gasteiger partial charge in [0, 0.05) is 12.3 Å². The normalized spacial score (nSPS) is 24.6. The van der Waals surface area contributed by atoms with Crippen molar-refractivity contribution in [3.8, 4) is 0 Å². The van der Waals surface area contributed by atoms with E-state index < -0.39 is 0 Å². The van der Waals surface area contributed by atoms with Crippen LogP contribution in [-0.4, -0.2) is 29.1 Å². The van der Waals surface area contributed by atoms with Crippen LogP contribution in [0.15, 0.2) is 4.52 Å². The number of rotatable bonds is 6. The zero-order valence-electron chi connectivity index (χ0n) is 15.6. The van der Waals surface area contributed by atoms with Gasteiger partial charge in [0.1, 0.15) is 6.04 Å². The molecule has 3 rings (SSSR count). The van der Waals surface area contributed by atoms with E-state index in [9.17, 15) is 4.79 Å². The smallest absolute Gasteiger partial charge is 0.248 e. The molecule has 3 atom stereocenters. The molecule has 0 bridgehead atoms. The molecule has 3 unspecified atom stereocenters. The molecule has 2 heterocycles. The van der Waals surface area contributed by atoms with Crippen LogP contribution in [0.4, 0.5) is 0 Å². The lowest BCUT2D eigenvalue weighted by Gasteiger charge is -2.28. The first-order chi connectivity index (χ1) is 12.1. The third-order valence-electron chi connectivity index (χ3n) is 5.82. The Labute approximate surface area is 150 Å². The maximum Gasteiger partial charge on any atom is 0.248 e. The van der Waals surface area contributed by atoms with Gasteiger partial charge in [0.25, 0.3) is 0 Å². The zero-order valence-corrected chi connectivity index (χ0v) is 15.6. The van der Waals surface area contributed by atoms with Gasteiger partial charge >= 0.3 is 0 Å². The molecule has 2 fully saturated rings. The molecule has 6 nitrogen and oxygen atoms in total. The highest BCUT2D eigenvalue weighted by atomic mass is 16.5. The topological polar surface area (TPSA) is 80.0 Å². The Morgan fingerprint density at radius 1 is 1.24 bits per heavy atom. The molecule has 1 aromatic heterocycles. The minimum absolute atomic E-state index is 0.0722. The fraction of sp³-hybridized carbons (Fsp3) is 0.842. The fourth-order valence-corrected chi connectivity index (χ4v) is 4.14. The van der Waals surface area contributed by atoms with E-state index in [0.29, 0.717) is 30.1 Å². The number of amides is 1. The summed E-state index contributed by atoms with van der Waals surface area (Å²) < 4.78 is 5.42. The zero-order chi connectivity index (χ0) is 17.6. The van der Waals surface area contributed by atoms with E-state index in [2.05, 4.69) is 27.7 Å². The number of nitrogens with zero attached hydrogens (tertiary/aromatic N) is 2. The fourth-order valence-electron chi connectivity index (χ4n) is 4.14. The van der Waals surface area contributed by atoms with Gasteiger partial charge in [-0.15, -0.1) is 0 Å². The Balaban J connectivity index is 1.48. The first-order valence-corrected chi connectivity index (χ1v) is 9.97. The molecule has 6 heteroatoms. The van der Waals surface area contributed by atoms with E-state index in [1.165, 1.54) is 32.1 Å². The summed E-state index contributed by atoms with van der Waals surface area (Å²) >= 11 is 0. The van der Waals surface area contributed by atoms with Crippen LogP contribution in [0.25, 0.3) is 0 Å². The molecule has 1 aromatic rings. The summed E-state index contributed by atoms with van der Waals surface area (Å²) in [6.07, 6.45) is 9.07. The van der Waals surface area contributed by atoms with Crippen LogP contribution in [0.5, 0.6) is 0 Å². The third-order valence-corrected chi connectivity index (χ3v) is 5.82. The van der Waals surface area contributed by atoms with Crippen LogP contribution in [0.3, 0.4) is 0 Å². The summed E-state index contributed by atoms with van der Waals surface area (Å²) in [5.41, 5.74) is 0. The predicted molar refractivity (Wildman–Crippen MR) is 96.1 cm³/mol. The molecule has 2 N–H and O–H groups in total. The van der Waals surface area contributed by atoms with E-state index in [1.54, 1.807) is 0 Å². The van der Waals surface area contributed by atoms with Crippen LogP contribution in [0.1, 0.15) is 88.9 Å². The van der Waals surface area contributed by atoms with Crippen molar-refractivity contribution in [1.29, 1.82) is 0 Å². The van der Waals surface area contributed by atoms with Gasteiger partial charge in [-0.1, -0.05) is 31.3 Å². The Morgan fingerprint density at radius 3 is 2.76 bits per heavy atom. The lowest BCUT2D eigenvalue weighted by molar-refractivity contribution is -0.123. The van der Waals surface area contributed by atoms with Gasteiger partial charge in [0.15, 0.2) is 5.82 Å². The van der Waals surface area contributed by atoms with Crippen LogP contribution < -0.4 is 10.6 Å². The van der Waals surface area contributed by atoms with E-state index in [4.69, 9.17) is 4.52 Å². The van der Waals surface area contributed by atoms with Crippen molar-refractivity contribution in [3.63, 3.8) is 0 Å². The molecule has 1 aliphatic heterocycles. The third kappa shape index (κ3) is 5.03. The van der Waals surface area contributed by atoms with Crippen molar-refractivity contribution in [1.82, 2.24) is 20.8 Å². The number of carbonyl (C=O) groups is 1. The molecule has 25 heavy (non-hydrogen) atoms. The minimum Gasteiger partial charge on any atom is -0.345 e. The van der Waals surface area contributed by atoms with Crippen molar-refractivity contribution >= 4 is 5.91 Å². The molecular weight excluding hydrogens is 316 g/mol. The van der Waals surface area contributed by atoms with Crippen molar-refractivity contribution in [2.24, 2.45) is 11.8 Å². The van der Waals surface area contributed by atoms with E-state index in [0.717, 1.165) is 31.8 Å². The molecule has 1 saturated heterocycles. The predicted octanol–water partition coefficient (Wildman–Crippen LogP) is 3.32. The average Bonchev–Trinajstić information content (AvgIpc) is 3.13. The first-order valence-electron chi connectivity index (χ1n) is 9.97. The number of hydrogen-bond acceptors (Lipinski definition) is 5. The second kappa shape index (κ2) is 8.79. The van der Waals surface area contributed by atoms with Crippen LogP contribution in [0, 0.1) is 11.8 Å². The molecule has 1 amide bonds. The Bertz CT molecular complexity index is 547. The van der Waals surface area contributed by atoms with E-state index >= 15 is 0 Å². The summed E-state index contributed by atoms with van der Waals surface area (Å²) in [7, 11) is 0. The Kier molecular flexibility index (Phi) is 6.45. The number of nitrogens with one attached hydrogen (secondary N) is 2. The van der Waals surface area contributed by atoms with Gasteiger partial charge in [-0.05, 0) is 57.5 Å². The highest BCUT2D eigenvalue weighted by molar-refractivity contribution is 5.76. The molecule has 1 aliphatic carbocycles. The maximum atomic E-state index is 12.4. The van der Waals surface area contributed by atoms with Gasteiger partial charge in [-0.3, -0.25) is 4.79 Å². The van der Waals surface area contributed by atoms with Gasteiger partial charge in [0.05, 0.1) is 0 Å². The quantitative estimate of drug-likeness (QED) is 0.824. The van der Waals surface area contributed by atoms with Crippen LogP contribution in [0.2, 0.25) is 0 Å². The number of aromatic nitrogens is 2. The molecule has 0 aromatic carbocycles. The van der Waals surface area contributed by atoms with Crippen molar-refractivity contribution in [3.05, 3.63) is 11.7 Å². The van der Waals surface area contributed by atoms with Gasteiger partial charge < -0.3 is 15.2 Å². The van der Waals surface area contributed by atoms with Gasteiger partial charge in [0.2, 0.25) is 11.8 Å². The van der Waals surface area contributed by atoms with Crippen LogP contribution in [-0.2, 0) is 4.79 Å². The summed E-state index contributed by atoms with van der Waals surface area (Å²) in [5.74, 6) is 2.82. The van der Waals surface area contributed by atoms with E-state index in [-0.39, 0.29) is 11.9 Å². The summed E-state index contributed by atoms with van der Waals surface area (Å²) in [6, 6.07) is -0.228. The molecular formula is C19H32N4O2. The Morgan fingerprint density at radius 2 is 2.04 bits per heavy atom. The first kappa shape index (κ1) is 18.4. The SMILES string of the molecule is CC(NC(=O)CC(C)C1CCCNC1)c1nc(C2CCCCC2)no1. The molecule has 0 radical (unpaired) electrons. The van der Waals surface area contributed by atoms with Crippen LogP contribution >= 0.6 is 0 Å². The number of carbonyl (C=O) groups excluding carboxylic acids is 1. The minimum atomic E-state index is -0.228. The molecule has 1 saturated carbocycles. The molecule has 140 valence electrons. The lowest BCUT2D eigenvalue weighted by Crippen LogP contribution is -2.36. The number of piperidine rings is 1. The molecule has 0 spiro atoms. The van der Waals surface area contributed by atoms with Crippen molar-refractivity contribution < 1.29 is 9.32 Å². The number of hydrogen-bond donors (Lipinski definition) is 2. The summed E-state index contributed by atoms with van der Waals surface area (Å²) in [4.78, 5) is 16.9. The van der Waals surface area contributed by atoms with Gasteiger partial charge in [-0.2, -0.15) is 4.98 Å². The largest absolute Gasteiger partial charge is 0.345 e. The van der Waals surface area contributed by atoms with Gasteiger partial charge in [-0.25, -0.2) is 0 Å². The highest BCUT2D eigenvalue weighted by Crippen LogP contribution is 2.31. The second-order valence-corrected chi connectivity index (χ2v) is 7.90.